The molecule has 3 nitrogen and oxygen atoms in total. The summed E-state index contributed by atoms with van der Waals surface area (Å²) in [5.41, 5.74) is 8.71. The van der Waals surface area contributed by atoms with Crippen LogP contribution in [0.1, 0.15) is 51.1 Å². The summed E-state index contributed by atoms with van der Waals surface area (Å²) in [6.07, 6.45) is 5.09. The maximum absolute atomic E-state index is 6.43. The van der Waals surface area contributed by atoms with Crippen molar-refractivity contribution in [2.24, 2.45) is 5.92 Å². The molecule has 2 atom stereocenters. The van der Waals surface area contributed by atoms with Gasteiger partial charge in [0.15, 0.2) is 0 Å². The SMILES string of the molecule is CCn1c(-c2ccccc2)nc(C2CCCC(C)C2)c1N. The van der Waals surface area contributed by atoms with Crippen molar-refractivity contribution in [1.29, 1.82) is 0 Å². The second-order valence-corrected chi connectivity index (χ2v) is 6.28. The lowest BCUT2D eigenvalue weighted by atomic mass is 9.81. The fourth-order valence-electron chi connectivity index (χ4n) is 3.59. The third-order valence-corrected chi connectivity index (χ3v) is 4.71. The molecule has 21 heavy (non-hydrogen) atoms. The van der Waals surface area contributed by atoms with Gasteiger partial charge in [0.2, 0.25) is 0 Å². The summed E-state index contributed by atoms with van der Waals surface area (Å²) >= 11 is 0. The molecular weight excluding hydrogens is 258 g/mol. The van der Waals surface area contributed by atoms with E-state index in [1.165, 1.54) is 25.7 Å². The zero-order valence-electron chi connectivity index (χ0n) is 13.0. The van der Waals surface area contributed by atoms with Gasteiger partial charge in [-0.3, -0.25) is 0 Å². The molecule has 1 heterocycles. The summed E-state index contributed by atoms with van der Waals surface area (Å²) in [5, 5.41) is 0. The zero-order valence-corrected chi connectivity index (χ0v) is 13.0. The minimum Gasteiger partial charge on any atom is -0.384 e. The van der Waals surface area contributed by atoms with Crippen LogP contribution in [0.2, 0.25) is 0 Å². The van der Waals surface area contributed by atoms with Crippen molar-refractivity contribution in [2.45, 2.75) is 52.0 Å². The van der Waals surface area contributed by atoms with E-state index < -0.39 is 0 Å². The second-order valence-electron chi connectivity index (χ2n) is 6.28. The first-order valence-corrected chi connectivity index (χ1v) is 8.12. The van der Waals surface area contributed by atoms with Gasteiger partial charge in [0, 0.05) is 18.0 Å². The highest BCUT2D eigenvalue weighted by atomic mass is 15.1. The first-order valence-electron chi connectivity index (χ1n) is 8.12. The Kier molecular flexibility index (Phi) is 4.00. The van der Waals surface area contributed by atoms with Gasteiger partial charge >= 0.3 is 0 Å². The Balaban J connectivity index is 2.01. The summed E-state index contributed by atoms with van der Waals surface area (Å²) < 4.78 is 2.16. The van der Waals surface area contributed by atoms with Crippen LogP contribution >= 0.6 is 0 Å². The molecule has 0 spiro atoms. The van der Waals surface area contributed by atoms with Crippen molar-refractivity contribution in [3.8, 4) is 11.4 Å². The molecule has 0 radical (unpaired) electrons. The highest BCUT2D eigenvalue weighted by Gasteiger charge is 2.26. The topological polar surface area (TPSA) is 43.8 Å². The lowest BCUT2D eigenvalue weighted by Crippen LogP contribution is -2.14. The molecule has 1 fully saturated rings. The van der Waals surface area contributed by atoms with E-state index in [1.54, 1.807) is 0 Å². The largest absolute Gasteiger partial charge is 0.384 e. The fourth-order valence-corrected chi connectivity index (χ4v) is 3.59. The van der Waals surface area contributed by atoms with E-state index in [4.69, 9.17) is 10.7 Å². The number of rotatable bonds is 3. The van der Waals surface area contributed by atoms with Crippen molar-refractivity contribution in [3.05, 3.63) is 36.0 Å². The molecule has 112 valence electrons. The van der Waals surface area contributed by atoms with Gasteiger partial charge in [-0.1, -0.05) is 50.1 Å². The Labute approximate surface area is 127 Å². The second kappa shape index (κ2) is 5.92. The third kappa shape index (κ3) is 2.69. The molecule has 3 heteroatoms. The monoisotopic (exact) mass is 283 g/mol. The van der Waals surface area contributed by atoms with E-state index in [2.05, 4.69) is 42.7 Å². The Morgan fingerprint density at radius 1 is 1.24 bits per heavy atom. The highest BCUT2D eigenvalue weighted by molar-refractivity contribution is 5.61. The van der Waals surface area contributed by atoms with E-state index >= 15 is 0 Å². The maximum Gasteiger partial charge on any atom is 0.141 e. The Morgan fingerprint density at radius 2 is 2.00 bits per heavy atom. The highest BCUT2D eigenvalue weighted by Crippen LogP contribution is 2.39. The van der Waals surface area contributed by atoms with Gasteiger partial charge in [-0.05, 0) is 25.7 Å². The minimum absolute atomic E-state index is 0.531. The molecule has 0 saturated heterocycles. The number of nitrogen functional groups attached to an aromatic ring is 1. The predicted octanol–water partition coefficient (Wildman–Crippen LogP) is 4.45. The number of benzene rings is 1. The van der Waals surface area contributed by atoms with Crippen LogP contribution in [0.15, 0.2) is 30.3 Å². The van der Waals surface area contributed by atoms with Gasteiger partial charge in [0.25, 0.3) is 0 Å². The average Bonchev–Trinajstić information content (AvgIpc) is 2.85. The van der Waals surface area contributed by atoms with E-state index in [0.717, 1.165) is 35.4 Å². The summed E-state index contributed by atoms with van der Waals surface area (Å²) in [7, 11) is 0. The smallest absolute Gasteiger partial charge is 0.141 e. The first kappa shape index (κ1) is 14.2. The number of nitrogens with zero attached hydrogens (tertiary/aromatic N) is 2. The van der Waals surface area contributed by atoms with Crippen LogP contribution in [0, 0.1) is 5.92 Å². The molecule has 2 unspecified atom stereocenters. The van der Waals surface area contributed by atoms with E-state index in [0.29, 0.717) is 5.92 Å². The van der Waals surface area contributed by atoms with Crippen LogP contribution in [0.25, 0.3) is 11.4 Å². The summed E-state index contributed by atoms with van der Waals surface area (Å²) in [6.45, 7) is 5.35. The molecule has 1 saturated carbocycles. The molecule has 1 aromatic heterocycles. The molecule has 1 aliphatic carbocycles. The van der Waals surface area contributed by atoms with Crippen molar-refractivity contribution >= 4 is 5.82 Å². The van der Waals surface area contributed by atoms with Crippen LogP contribution in [0.4, 0.5) is 5.82 Å². The maximum atomic E-state index is 6.43. The van der Waals surface area contributed by atoms with Gasteiger partial charge in [-0.2, -0.15) is 0 Å². The quantitative estimate of drug-likeness (QED) is 0.904. The molecule has 0 aliphatic heterocycles. The molecule has 0 amide bonds. The summed E-state index contributed by atoms with van der Waals surface area (Å²) in [4.78, 5) is 4.95. The first-order chi connectivity index (χ1) is 10.2. The number of nitrogens with two attached hydrogens (primary N) is 1. The fraction of sp³-hybridized carbons (Fsp3) is 0.500. The molecule has 0 bridgehead atoms. The number of imidazole rings is 1. The van der Waals surface area contributed by atoms with Crippen LogP contribution in [-0.2, 0) is 6.54 Å². The third-order valence-electron chi connectivity index (χ3n) is 4.71. The van der Waals surface area contributed by atoms with Crippen molar-refractivity contribution in [3.63, 3.8) is 0 Å². The zero-order chi connectivity index (χ0) is 14.8. The van der Waals surface area contributed by atoms with Gasteiger partial charge in [0.05, 0.1) is 5.69 Å². The van der Waals surface area contributed by atoms with E-state index in [9.17, 15) is 0 Å². The van der Waals surface area contributed by atoms with Gasteiger partial charge < -0.3 is 10.3 Å². The molecule has 2 N–H and O–H groups in total. The predicted molar refractivity (Wildman–Crippen MR) is 88.1 cm³/mol. The summed E-state index contributed by atoms with van der Waals surface area (Å²) in [6, 6.07) is 10.4. The molecule has 3 rings (SSSR count). The molecule has 1 aliphatic rings. The normalized spacial score (nSPS) is 22.4. The van der Waals surface area contributed by atoms with Gasteiger partial charge in [-0.15, -0.1) is 0 Å². The Morgan fingerprint density at radius 3 is 2.67 bits per heavy atom. The van der Waals surface area contributed by atoms with Gasteiger partial charge in [-0.25, -0.2) is 4.98 Å². The van der Waals surface area contributed by atoms with Crippen LogP contribution in [-0.4, -0.2) is 9.55 Å². The number of anilines is 1. The van der Waals surface area contributed by atoms with Crippen molar-refractivity contribution in [2.75, 3.05) is 5.73 Å². The van der Waals surface area contributed by atoms with Gasteiger partial charge in [0.1, 0.15) is 11.6 Å². The number of hydrogen-bond acceptors (Lipinski definition) is 2. The van der Waals surface area contributed by atoms with Crippen LogP contribution in [0.3, 0.4) is 0 Å². The summed E-state index contributed by atoms with van der Waals surface area (Å²) in [5.74, 6) is 3.21. The standard InChI is InChI=1S/C18H25N3/c1-3-21-17(19)16(15-11-7-8-13(2)12-15)20-18(21)14-9-5-4-6-10-14/h4-6,9-10,13,15H,3,7-8,11-12,19H2,1-2H3. The molecule has 1 aromatic carbocycles. The van der Waals surface area contributed by atoms with Crippen LogP contribution < -0.4 is 5.73 Å². The molecular formula is C18H25N3. The van der Waals surface area contributed by atoms with Crippen LogP contribution in [0.5, 0.6) is 0 Å². The Hall–Kier alpha value is -1.77. The van der Waals surface area contributed by atoms with E-state index in [-0.39, 0.29) is 0 Å². The van der Waals surface area contributed by atoms with E-state index in [1.807, 2.05) is 6.07 Å². The Bertz CT molecular complexity index is 600. The minimum atomic E-state index is 0.531. The lowest BCUT2D eigenvalue weighted by molar-refractivity contribution is 0.341. The average molecular weight is 283 g/mol. The molecule has 2 aromatic rings. The lowest BCUT2D eigenvalue weighted by Gasteiger charge is -2.25. The van der Waals surface area contributed by atoms with Crippen molar-refractivity contribution in [1.82, 2.24) is 9.55 Å². The van der Waals surface area contributed by atoms with Crippen molar-refractivity contribution < 1.29 is 0 Å². The number of hydrogen-bond donors (Lipinski definition) is 1. The number of aromatic nitrogens is 2.